The van der Waals surface area contributed by atoms with Crippen LogP contribution < -0.4 is 9.47 Å². The van der Waals surface area contributed by atoms with Gasteiger partial charge < -0.3 is 24.4 Å². The van der Waals surface area contributed by atoms with Gasteiger partial charge in [0.2, 0.25) is 0 Å². The number of benzene rings is 1. The third-order valence-corrected chi connectivity index (χ3v) is 5.57. The highest BCUT2D eigenvalue weighted by Crippen LogP contribution is 2.29. The number of hydrogen-bond donors (Lipinski definition) is 1. The fourth-order valence-corrected chi connectivity index (χ4v) is 3.47. The van der Waals surface area contributed by atoms with Gasteiger partial charge in [0.25, 0.3) is 0 Å². The fraction of sp³-hybridized carbons (Fsp3) is 0.727. The van der Waals surface area contributed by atoms with Crippen LogP contribution in [0.25, 0.3) is 0 Å². The van der Waals surface area contributed by atoms with Gasteiger partial charge in [-0.1, -0.05) is 13.0 Å². The van der Waals surface area contributed by atoms with Crippen LogP contribution in [0.5, 0.6) is 11.5 Å². The molecule has 1 N–H and O–H groups in total. The van der Waals surface area contributed by atoms with Gasteiger partial charge in [-0.25, -0.2) is 0 Å². The van der Waals surface area contributed by atoms with E-state index in [1.54, 1.807) is 7.11 Å². The highest BCUT2D eigenvalue weighted by Gasteiger charge is 2.16. The largest absolute Gasteiger partial charge is 0.493 e. The Labute approximate surface area is 171 Å². The third kappa shape index (κ3) is 7.24. The molecule has 1 fully saturated rings. The topological polar surface area (TPSA) is 48.4 Å². The zero-order valence-corrected chi connectivity index (χ0v) is 18.4. The molecular formula is C22H39N3O3. The van der Waals surface area contributed by atoms with E-state index in [9.17, 15) is 5.11 Å². The molecule has 0 aliphatic carbocycles. The zero-order chi connectivity index (χ0) is 20.5. The van der Waals surface area contributed by atoms with Gasteiger partial charge in [0.05, 0.1) is 7.11 Å². The highest BCUT2D eigenvalue weighted by atomic mass is 16.5. The average Bonchev–Trinajstić information content (AvgIpc) is 2.91. The Bertz CT molecular complexity index is 582. The minimum absolute atomic E-state index is 0.256. The molecule has 1 aliphatic rings. The Balaban J connectivity index is 1.95. The number of methoxy groups -OCH3 is 1. The Kier molecular flexibility index (Phi) is 9.51. The van der Waals surface area contributed by atoms with Gasteiger partial charge in [0.15, 0.2) is 11.5 Å². The molecular weight excluding hydrogens is 354 g/mol. The number of likely N-dealkylation sites (N-methyl/N-ethyl adjacent to an activating group) is 2. The number of ether oxygens (including phenoxy) is 2. The summed E-state index contributed by atoms with van der Waals surface area (Å²) in [6.45, 7) is 13.9. The molecule has 0 radical (unpaired) electrons. The average molecular weight is 394 g/mol. The van der Waals surface area contributed by atoms with Crippen LogP contribution in [-0.4, -0.2) is 92.0 Å². The van der Waals surface area contributed by atoms with E-state index in [0.717, 1.165) is 32.7 Å². The van der Waals surface area contributed by atoms with Crippen LogP contribution in [0.4, 0.5) is 0 Å². The van der Waals surface area contributed by atoms with E-state index in [1.807, 2.05) is 13.1 Å². The van der Waals surface area contributed by atoms with Crippen LogP contribution in [0.2, 0.25) is 0 Å². The molecule has 1 saturated heterocycles. The Morgan fingerprint density at radius 1 is 1.11 bits per heavy atom. The van der Waals surface area contributed by atoms with Crippen molar-refractivity contribution in [3.8, 4) is 11.5 Å². The van der Waals surface area contributed by atoms with Gasteiger partial charge in [-0.3, -0.25) is 4.90 Å². The summed E-state index contributed by atoms with van der Waals surface area (Å²) in [4.78, 5) is 7.13. The number of aliphatic hydroxyl groups excluding tert-OH is 1. The van der Waals surface area contributed by atoms with Crippen molar-refractivity contribution in [1.29, 1.82) is 0 Å². The summed E-state index contributed by atoms with van der Waals surface area (Å²) in [6.07, 6.45) is 0.675. The number of hydrogen-bond acceptors (Lipinski definition) is 6. The van der Waals surface area contributed by atoms with E-state index < -0.39 is 6.10 Å². The Morgan fingerprint density at radius 3 is 2.50 bits per heavy atom. The lowest BCUT2D eigenvalue weighted by molar-refractivity contribution is 0.0668. The molecule has 6 nitrogen and oxygen atoms in total. The van der Waals surface area contributed by atoms with Crippen molar-refractivity contribution < 1.29 is 14.6 Å². The van der Waals surface area contributed by atoms with Crippen molar-refractivity contribution in [2.24, 2.45) is 0 Å². The summed E-state index contributed by atoms with van der Waals surface area (Å²) < 4.78 is 11.4. The van der Waals surface area contributed by atoms with Gasteiger partial charge in [0.1, 0.15) is 12.7 Å². The van der Waals surface area contributed by atoms with E-state index in [0.29, 0.717) is 24.1 Å². The molecule has 1 aromatic rings. The van der Waals surface area contributed by atoms with Gasteiger partial charge >= 0.3 is 0 Å². The number of aliphatic hydroxyl groups is 1. The molecule has 1 heterocycles. The van der Waals surface area contributed by atoms with E-state index in [1.165, 1.54) is 18.5 Å². The first-order valence-corrected chi connectivity index (χ1v) is 10.6. The molecule has 0 amide bonds. The second-order valence-corrected chi connectivity index (χ2v) is 8.05. The lowest BCUT2D eigenvalue weighted by Gasteiger charge is -2.24. The van der Waals surface area contributed by atoms with Crippen LogP contribution in [0.3, 0.4) is 0 Å². The smallest absolute Gasteiger partial charge is 0.161 e. The Hall–Kier alpha value is -1.34. The summed E-state index contributed by atoms with van der Waals surface area (Å²) >= 11 is 0. The van der Waals surface area contributed by atoms with E-state index >= 15 is 0 Å². The van der Waals surface area contributed by atoms with Crippen molar-refractivity contribution in [3.63, 3.8) is 0 Å². The predicted molar refractivity (Wildman–Crippen MR) is 114 cm³/mol. The van der Waals surface area contributed by atoms with Gasteiger partial charge in [-0.2, -0.15) is 0 Å². The lowest BCUT2D eigenvalue weighted by atomic mass is 10.2. The molecule has 0 unspecified atom stereocenters. The molecule has 0 aromatic heterocycles. The maximum atomic E-state index is 10.3. The number of rotatable bonds is 10. The van der Waals surface area contributed by atoms with Crippen LogP contribution in [0, 0.1) is 0 Å². The van der Waals surface area contributed by atoms with Crippen molar-refractivity contribution in [3.05, 3.63) is 23.8 Å². The number of nitrogens with zero attached hydrogens (tertiary/aromatic N) is 3. The lowest BCUT2D eigenvalue weighted by Crippen LogP contribution is -2.37. The third-order valence-electron chi connectivity index (χ3n) is 5.57. The maximum absolute atomic E-state index is 10.3. The first kappa shape index (κ1) is 22.9. The SMILES string of the molecule is CCN1CCCN(Cc2ccc(OC)c(OC[C@H](O)CN(C)C(C)C)c2)CC1. The zero-order valence-electron chi connectivity index (χ0n) is 18.4. The molecule has 160 valence electrons. The van der Waals surface area contributed by atoms with Gasteiger partial charge in [0, 0.05) is 32.2 Å². The van der Waals surface area contributed by atoms with E-state index in [2.05, 4.69) is 47.6 Å². The Morgan fingerprint density at radius 2 is 1.82 bits per heavy atom. The van der Waals surface area contributed by atoms with Crippen molar-refractivity contribution >= 4 is 0 Å². The van der Waals surface area contributed by atoms with Crippen molar-refractivity contribution in [2.75, 3.05) is 60.0 Å². The van der Waals surface area contributed by atoms with Gasteiger partial charge in [-0.15, -0.1) is 0 Å². The molecule has 0 saturated carbocycles. The molecule has 0 bridgehead atoms. The second kappa shape index (κ2) is 11.6. The van der Waals surface area contributed by atoms with E-state index in [4.69, 9.17) is 9.47 Å². The van der Waals surface area contributed by atoms with Gasteiger partial charge in [-0.05, 0) is 64.6 Å². The molecule has 6 heteroatoms. The molecule has 1 aliphatic heterocycles. The van der Waals surface area contributed by atoms with Crippen molar-refractivity contribution in [1.82, 2.24) is 14.7 Å². The van der Waals surface area contributed by atoms with E-state index in [-0.39, 0.29) is 6.61 Å². The van der Waals surface area contributed by atoms with Crippen LogP contribution in [0.1, 0.15) is 32.8 Å². The fourth-order valence-electron chi connectivity index (χ4n) is 3.47. The summed E-state index contributed by atoms with van der Waals surface area (Å²) in [5.41, 5.74) is 1.22. The summed E-state index contributed by atoms with van der Waals surface area (Å²) in [7, 11) is 3.66. The maximum Gasteiger partial charge on any atom is 0.161 e. The van der Waals surface area contributed by atoms with Crippen molar-refractivity contribution in [2.45, 2.75) is 45.9 Å². The first-order chi connectivity index (χ1) is 13.4. The first-order valence-electron chi connectivity index (χ1n) is 10.6. The van der Waals surface area contributed by atoms with Crippen LogP contribution in [-0.2, 0) is 6.54 Å². The summed E-state index contributed by atoms with van der Waals surface area (Å²) in [5.74, 6) is 1.41. The van der Waals surface area contributed by atoms with Crippen LogP contribution in [0.15, 0.2) is 18.2 Å². The minimum Gasteiger partial charge on any atom is -0.493 e. The summed E-state index contributed by atoms with van der Waals surface area (Å²) in [5, 5.41) is 10.3. The summed E-state index contributed by atoms with van der Waals surface area (Å²) in [6, 6.07) is 6.52. The normalized spacial score (nSPS) is 17.7. The molecule has 0 spiro atoms. The monoisotopic (exact) mass is 393 g/mol. The predicted octanol–water partition coefficient (Wildman–Crippen LogP) is 2.30. The van der Waals surface area contributed by atoms with Crippen LogP contribution >= 0.6 is 0 Å². The minimum atomic E-state index is -0.536. The standard InChI is InChI=1S/C22H39N3O3/c1-6-24-10-7-11-25(13-12-24)15-19-8-9-21(27-5)22(14-19)28-17-20(26)16-23(4)18(2)3/h8-9,14,18,20,26H,6-7,10-13,15-17H2,1-5H3/t20-/m1/s1. The quantitative estimate of drug-likeness (QED) is 0.658. The molecule has 2 rings (SSSR count). The highest BCUT2D eigenvalue weighted by molar-refractivity contribution is 5.43. The second-order valence-electron chi connectivity index (χ2n) is 8.05. The molecule has 1 aromatic carbocycles. The molecule has 28 heavy (non-hydrogen) atoms. The molecule has 1 atom stereocenters.